The molecule has 2 aromatic heterocycles. The third-order valence-corrected chi connectivity index (χ3v) is 11.1. The van der Waals surface area contributed by atoms with Gasteiger partial charge in [0.1, 0.15) is 4.88 Å². The van der Waals surface area contributed by atoms with Crippen LogP contribution in [-0.2, 0) is 13.6 Å². The number of benzene rings is 2. The van der Waals surface area contributed by atoms with Crippen LogP contribution in [0.25, 0.3) is 11.0 Å². The Labute approximate surface area is 275 Å². The summed E-state index contributed by atoms with van der Waals surface area (Å²) in [5.41, 5.74) is 10.7. The third kappa shape index (κ3) is 5.93. The summed E-state index contributed by atoms with van der Waals surface area (Å²) in [7, 11) is 1.93. The number of nitrogens with one attached hydrogen (secondary N) is 3. The molecule has 2 aliphatic carbocycles. The molecule has 0 radical (unpaired) electrons. The minimum Gasteiger partial charge on any atom is -0.375 e. The zero-order valence-electron chi connectivity index (χ0n) is 25.3. The fraction of sp³-hybridized carbons (Fsp3) is 0.438. The zero-order chi connectivity index (χ0) is 31.4. The Bertz CT molecular complexity index is 1800. The first-order chi connectivity index (χ1) is 21.7. The van der Waals surface area contributed by atoms with Gasteiger partial charge in [-0.05, 0) is 61.8 Å². The van der Waals surface area contributed by atoms with E-state index in [1.807, 2.05) is 17.7 Å². The minimum atomic E-state index is -0.271. The molecule has 2 saturated carbocycles. The number of carbonyl (C=O) groups is 2. The van der Waals surface area contributed by atoms with Crippen LogP contribution in [0, 0.1) is 18.8 Å². The molecule has 2 atom stereocenters. The van der Waals surface area contributed by atoms with Crippen LogP contribution in [0.3, 0.4) is 0 Å². The molecule has 3 fully saturated rings. The number of anilines is 4. The molecule has 236 valence electrons. The highest BCUT2D eigenvalue weighted by Gasteiger charge is 2.45. The molecule has 0 bridgehead atoms. The van der Waals surface area contributed by atoms with Crippen molar-refractivity contribution in [3.05, 3.63) is 56.0 Å². The highest BCUT2D eigenvalue weighted by Crippen LogP contribution is 2.47. The minimum absolute atomic E-state index is 0.0309. The number of halogens is 2. The van der Waals surface area contributed by atoms with Crippen LogP contribution in [0.15, 0.2) is 24.3 Å². The Morgan fingerprint density at radius 1 is 1.07 bits per heavy atom. The molecular weight excluding hydrogens is 631 g/mol. The average molecular weight is 668 g/mol. The number of piperidine rings is 1. The summed E-state index contributed by atoms with van der Waals surface area (Å²) in [6.07, 6.45) is 6.88. The number of rotatable bonds is 8. The molecule has 3 heterocycles. The molecule has 1 aliphatic heterocycles. The van der Waals surface area contributed by atoms with E-state index in [1.54, 1.807) is 19.1 Å². The van der Waals surface area contributed by atoms with Gasteiger partial charge in [-0.2, -0.15) is 0 Å². The van der Waals surface area contributed by atoms with Gasteiger partial charge in [0.25, 0.3) is 11.8 Å². The molecule has 3 aliphatic rings. The van der Waals surface area contributed by atoms with Crippen LogP contribution in [0.4, 0.5) is 22.5 Å². The van der Waals surface area contributed by atoms with Crippen molar-refractivity contribution >= 4 is 79.8 Å². The topological polar surface area (TPSA) is 130 Å². The first kappa shape index (κ1) is 30.1. The number of aryl methyl sites for hydroxylation is 2. The third-order valence-electron chi connectivity index (χ3n) is 9.37. The Hall–Kier alpha value is -3.54. The number of carbonyl (C=O) groups excluding carboxylic acids is 2. The number of aromatic nitrogens is 3. The van der Waals surface area contributed by atoms with E-state index in [0.29, 0.717) is 54.0 Å². The smallest absolute Gasteiger partial charge is 0.263 e. The second kappa shape index (κ2) is 12.0. The SMILES string of the molecule is Cc1nc(N)sc1C(=O)NCc1ccc(Cl)c(Nc2nc3cc(C(=O)NC4CCCCC4)c(N4CC5CC5C4)cc3n2C)c1Cl. The van der Waals surface area contributed by atoms with Gasteiger partial charge < -0.3 is 31.2 Å². The van der Waals surface area contributed by atoms with Crippen LogP contribution in [-0.4, -0.2) is 45.5 Å². The second-order valence-electron chi connectivity index (χ2n) is 12.5. The van der Waals surface area contributed by atoms with Crippen LogP contribution < -0.4 is 26.6 Å². The average Bonchev–Trinajstić information content (AvgIpc) is 3.30. The van der Waals surface area contributed by atoms with Crippen molar-refractivity contribution in [1.82, 2.24) is 25.2 Å². The summed E-state index contributed by atoms with van der Waals surface area (Å²) in [5, 5.41) is 10.7. The van der Waals surface area contributed by atoms with E-state index in [0.717, 1.165) is 73.1 Å². The van der Waals surface area contributed by atoms with Crippen LogP contribution >= 0.6 is 34.5 Å². The number of nitrogens with two attached hydrogens (primary N) is 1. The largest absolute Gasteiger partial charge is 0.375 e. The molecule has 2 amide bonds. The van der Waals surface area contributed by atoms with Gasteiger partial charge in [0.15, 0.2) is 5.13 Å². The summed E-state index contributed by atoms with van der Waals surface area (Å²) in [6, 6.07) is 7.75. The predicted molar refractivity (Wildman–Crippen MR) is 181 cm³/mol. The lowest BCUT2D eigenvalue weighted by Gasteiger charge is -2.26. The lowest BCUT2D eigenvalue weighted by atomic mass is 9.95. The van der Waals surface area contributed by atoms with Crippen molar-refractivity contribution in [2.24, 2.45) is 18.9 Å². The standard InChI is InChI=1S/C32H36Cl2N8O2S/c1-16-28(45-31(35)37-16)30(44)36-13-17-8-9-22(33)27(26(17)34)40-32-39-23-11-21(29(43)38-20-6-4-3-5-7-20)24(12-25(23)41(32)2)42-14-18-10-19(18)15-42/h8-9,11-12,18-20H,3-7,10,13-15H2,1-2H3,(H2,35,37)(H,36,44)(H,38,43)(H,39,40). The number of hydrogen-bond donors (Lipinski definition) is 4. The van der Waals surface area contributed by atoms with Gasteiger partial charge in [-0.3, -0.25) is 9.59 Å². The lowest BCUT2D eigenvalue weighted by Crippen LogP contribution is -2.37. The second-order valence-corrected chi connectivity index (χ2v) is 14.3. The van der Waals surface area contributed by atoms with Crippen LogP contribution in [0.5, 0.6) is 0 Å². The van der Waals surface area contributed by atoms with Crippen molar-refractivity contribution in [2.45, 2.75) is 58.0 Å². The molecular formula is C32H36Cl2N8O2S. The van der Waals surface area contributed by atoms with Crippen molar-refractivity contribution in [1.29, 1.82) is 0 Å². The monoisotopic (exact) mass is 666 g/mol. The van der Waals surface area contributed by atoms with Crippen molar-refractivity contribution in [3.63, 3.8) is 0 Å². The van der Waals surface area contributed by atoms with Gasteiger partial charge in [0.05, 0.1) is 43.7 Å². The molecule has 5 N–H and O–H groups in total. The number of imidazole rings is 1. The fourth-order valence-corrected chi connectivity index (χ4v) is 8.01. The number of nitrogen functional groups attached to an aromatic ring is 1. The number of hydrogen-bond acceptors (Lipinski definition) is 8. The molecule has 7 rings (SSSR count). The zero-order valence-corrected chi connectivity index (χ0v) is 27.6. The molecule has 4 aromatic rings. The van der Waals surface area contributed by atoms with Gasteiger partial charge in [-0.25, -0.2) is 9.97 Å². The summed E-state index contributed by atoms with van der Waals surface area (Å²) in [4.78, 5) is 38.3. The van der Waals surface area contributed by atoms with Crippen LogP contribution in [0.2, 0.25) is 10.0 Å². The number of fused-ring (bicyclic) bond motifs is 2. The van der Waals surface area contributed by atoms with Crippen molar-refractivity contribution in [3.8, 4) is 0 Å². The molecule has 0 spiro atoms. The molecule has 2 unspecified atom stereocenters. The molecule has 13 heteroatoms. The Kier molecular flexibility index (Phi) is 8.03. The molecule has 10 nitrogen and oxygen atoms in total. The van der Waals surface area contributed by atoms with Gasteiger partial charge in [-0.1, -0.05) is 59.9 Å². The Morgan fingerprint density at radius 2 is 1.82 bits per heavy atom. The highest BCUT2D eigenvalue weighted by atomic mass is 35.5. The first-order valence-electron chi connectivity index (χ1n) is 15.5. The first-order valence-corrected chi connectivity index (χ1v) is 17.0. The van der Waals surface area contributed by atoms with E-state index in [9.17, 15) is 9.59 Å². The lowest BCUT2D eigenvalue weighted by molar-refractivity contribution is 0.0926. The maximum atomic E-state index is 13.7. The normalized spacial score (nSPS) is 19.5. The van der Waals surface area contributed by atoms with Crippen molar-refractivity contribution < 1.29 is 9.59 Å². The van der Waals surface area contributed by atoms with E-state index in [2.05, 4.69) is 31.9 Å². The maximum Gasteiger partial charge on any atom is 0.263 e. The van der Waals surface area contributed by atoms with E-state index in [-0.39, 0.29) is 24.4 Å². The number of amides is 2. The van der Waals surface area contributed by atoms with Gasteiger partial charge in [0.2, 0.25) is 5.95 Å². The van der Waals surface area contributed by atoms with Gasteiger partial charge in [0, 0.05) is 32.7 Å². The Morgan fingerprint density at radius 3 is 2.53 bits per heavy atom. The molecule has 1 saturated heterocycles. The van der Waals surface area contributed by atoms with E-state index in [4.69, 9.17) is 33.9 Å². The molecule has 45 heavy (non-hydrogen) atoms. The number of thiazole rings is 1. The Balaban J connectivity index is 1.17. The fourth-order valence-electron chi connectivity index (χ4n) is 6.73. The molecule has 2 aromatic carbocycles. The van der Waals surface area contributed by atoms with E-state index in [1.165, 1.54) is 12.8 Å². The maximum absolute atomic E-state index is 13.7. The summed E-state index contributed by atoms with van der Waals surface area (Å²) < 4.78 is 1.95. The summed E-state index contributed by atoms with van der Waals surface area (Å²) in [5.74, 6) is 1.68. The summed E-state index contributed by atoms with van der Waals surface area (Å²) in [6.45, 7) is 3.89. The number of nitrogens with zero attached hydrogens (tertiary/aromatic N) is 4. The van der Waals surface area contributed by atoms with E-state index >= 15 is 0 Å². The van der Waals surface area contributed by atoms with E-state index < -0.39 is 0 Å². The predicted octanol–water partition coefficient (Wildman–Crippen LogP) is 6.42. The highest BCUT2D eigenvalue weighted by molar-refractivity contribution is 7.17. The van der Waals surface area contributed by atoms with Crippen LogP contribution in [0.1, 0.15) is 69.8 Å². The quantitative estimate of drug-likeness (QED) is 0.171. The van der Waals surface area contributed by atoms with Crippen molar-refractivity contribution in [2.75, 3.05) is 29.0 Å². The summed E-state index contributed by atoms with van der Waals surface area (Å²) >= 11 is 14.6. The van der Waals surface area contributed by atoms with Gasteiger partial charge in [-0.15, -0.1) is 0 Å². The van der Waals surface area contributed by atoms with Gasteiger partial charge >= 0.3 is 0 Å².